The van der Waals surface area contributed by atoms with Gasteiger partial charge in [-0.05, 0) is 32.3 Å². The summed E-state index contributed by atoms with van der Waals surface area (Å²) in [7, 11) is 0. The predicted octanol–water partition coefficient (Wildman–Crippen LogP) is 6.52. The summed E-state index contributed by atoms with van der Waals surface area (Å²) in [5, 5.41) is 0. The molecule has 138 valence electrons. The molecular weight excluding hydrogens is 294 g/mol. The van der Waals surface area contributed by atoms with Crippen molar-refractivity contribution in [1.82, 2.24) is 0 Å². The number of carbonyl (C=O) groups is 1. The van der Waals surface area contributed by atoms with E-state index >= 15 is 0 Å². The molecule has 2 heteroatoms. The highest BCUT2D eigenvalue weighted by molar-refractivity contribution is 5.71. The van der Waals surface area contributed by atoms with Crippen LogP contribution < -0.4 is 0 Å². The Labute approximate surface area is 150 Å². The van der Waals surface area contributed by atoms with E-state index in [2.05, 4.69) is 13.2 Å². The smallest absolute Gasteiger partial charge is 0.235 e. The summed E-state index contributed by atoms with van der Waals surface area (Å²) < 4.78 is 0.548. The summed E-state index contributed by atoms with van der Waals surface area (Å²) in [5.41, 5.74) is 0. The van der Waals surface area contributed by atoms with Crippen LogP contribution in [-0.2, 0) is 4.79 Å². The molecule has 0 N–H and O–H groups in total. The molecule has 2 nitrogen and oxygen atoms in total. The van der Waals surface area contributed by atoms with E-state index in [0.717, 1.165) is 25.9 Å². The number of quaternary nitrogens is 1. The molecule has 0 radical (unpaired) electrons. The molecule has 1 aliphatic heterocycles. The van der Waals surface area contributed by atoms with Crippen LogP contribution in [0.1, 0.15) is 96.3 Å². The largest absolute Gasteiger partial charge is 0.318 e. The van der Waals surface area contributed by atoms with Gasteiger partial charge in [0.2, 0.25) is 0 Å². The molecule has 1 fully saturated rings. The number of hydrogen-bond donors (Lipinski definition) is 0. The maximum atomic E-state index is 12.0. The van der Waals surface area contributed by atoms with Crippen LogP contribution in [0.5, 0.6) is 0 Å². The van der Waals surface area contributed by atoms with Gasteiger partial charge in [0.05, 0.1) is 25.7 Å². The third kappa shape index (κ3) is 8.28. The molecule has 1 aliphatic rings. The van der Waals surface area contributed by atoms with E-state index in [1.54, 1.807) is 0 Å². The molecule has 0 aromatic carbocycles. The average molecular weight is 335 g/mol. The normalized spacial score (nSPS) is 20.4. The third-order valence-corrected chi connectivity index (χ3v) is 5.51. The van der Waals surface area contributed by atoms with E-state index in [0.29, 0.717) is 10.4 Å². The lowest BCUT2D eigenvalue weighted by atomic mass is 10.0. The van der Waals surface area contributed by atoms with Crippen LogP contribution in [-0.4, -0.2) is 23.5 Å². The minimum absolute atomic E-state index is 0.384. The zero-order chi connectivity index (χ0) is 17.5. The van der Waals surface area contributed by atoms with Crippen molar-refractivity contribution < 1.29 is 9.28 Å². The van der Waals surface area contributed by atoms with Gasteiger partial charge in [-0.3, -0.25) is 0 Å². The lowest BCUT2D eigenvalue weighted by Crippen LogP contribution is -2.44. The van der Waals surface area contributed by atoms with Crippen molar-refractivity contribution in [2.24, 2.45) is 0 Å². The van der Waals surface area contributed by atoms with E-state index < -0.39 is 0 Å². The number of carbonyl (C=O) groups excluding carboxylic acids is 1. The highest BCUT2D eigenvalue weighted by Gasteiger charge is 2.38. The summed E-state index contributed by atoms with van der Waals surface area (Å²) >= 11 is 0. The van der Waals surface area contributed by atoms with Gasteiger partial charge >= 0.3 is 5.91 Å². The van der Waals surface area contributed by atoms with Crippen molar-refractivity contribution in [2.75, 3.05) is 13.1 Å². The maximum absolute atomic E-state index is 12.0. The second kappa shape index (κ2) is 13.4. The van der Waals surface area contributed by atoms with Gasteiger partial charge in [0.1, 0.15) is 0 Å². The molecule has 0 spiro atoms. The SMILES string of the molecule is C=CCCCCCCCCCCCCCC[N+]1(C=C)CCCC1=O. The number of likely N-dealkylation sites (tertiary alicyclic amines) is 1. The van der Waals surface area contributed by atoms with Crippen molar-refractivity contribution >= 4 is 5.91 Å². The fraction of sp³-hybridized carbons (Fsp3) is 0.773. The molecule has 1 rings (SSSR count). The van der Waals surface area contributed by atoms with Crippen molar-refractivity contribution in [2.45, 2.75) is 96.3 Å². The molecule has 0 aromatic heterocycles. The standard InChI is InChI=1S/C22H40NO/c1-3-5-6-7-8-9-10-11-12-13-14-15-16-17-20-23(4-2)21-18-19-22(23)24/h3-4H,1-2,5-21H2/q+1. The number of unbranched alkanes of at least 4 members (excludes halogenated alkanes) is 12. The van der Waals surface area contributed by atoms with Crippen molar-refractivity contribution in [1.29, 1.82) is 0 Å². The summed E-state index contributed by atoms with van der Waals surface area (Å²) in [6.07, 6.45) is 23.1. The van der Waals surface area contributed by atoms with Crippen molar-refractivity contribution in [3.05, 3.63) is 25.4 Å². The molecule has 0 saturated carbocycles. The summed E-state index contributed by atoms with van der Waals surface area (Å²) in [6.45, 7) is 9.63. The van der Waals surface area contributed by atoms with Crippen LogP contribution in [0.4, 0.5) is 0 Å². The molecule has 0 aliphatic carbocycles. The minimum atomic E-state index is 0.384. The molecule has 1 amide bonds. The van der Waals surface area contributed by atoms with Crippen LogP contribution in [0.25, 0.3) is 0 Å². The van der Waals surface area contributed by atoms with Gasteiger partial charge in [-0.15, -0.1) is 6.58 Å². The maximum Gasteiger partial charge on any atom is 0.318 e. The van der Waals surface area contributed by atoms with Gasteiger partial charge in [-0.25, -0.2) is 9.28 Å². The number of hydrogen-bond acceptors (Lipinski definition) is 1. The second-order valence-electron chi connectivity index (χ2n) is 7.48. The van der Waals surface area contributed by atoms with Gasteiger partial charge in [-0.1, -0.05) is 63.9 Å². The van der Waals surface area contributed by atoms with E-state index in [1.165, 1.54) is 83.5 Å². The lowest BCUT2D eigenvalue weighted by Gasteiger charge is -2.26. The van der Waals surface area contributed by atoms with Crippen LogP contribution in [0.15, 0.2) is 25.4 Å². The van der Waals surface area contributed by atoms with Gasteiger partial charge in [-0.2, -0.15) is 0 Å². The fourth-order valence-corrected chi connectivity index (χ4v) is 3.83. The van der Waals surface area contributed by atoms with E-state index in [4.69, 9.17) is 0 Å². The quantitative estimate of drug-likeness (QED) is 0.178. The first kappa shape index (κ1) is 21.2. The molecule has 1 unspecified atom stereocenters. The fourth-order valence-electron chi connectivity index (χ4n) is 3.83. The highest BCUT2D eigenvalue weighted by Crippen LogP contribution is 2.23. The Morgan fingerprint density at radius 3 is 1.71 bits per heavy atom. The van der Waals surface area contributed by atoms with Crippen molar-refractivity contribution in [3.8, 4) is 0 Å². The van der Waals surface area contributed by atoms with E-state index in [1.807, 2.05) is 12.3 Å². The van der Waals surface area contributed by atoms with Gasteiger partial charge < -0.3 is 0 Å². The average Bonchev–Trinajstić information content (AvgIpc) is 2.96. The Morgan fingerprint density at radius 1 is 0.792 bits per heavy atom. The highest BCUT2D eigenvalue weighted by atomic mass is 16.2. The molecular formula is C22H40NO+. The second-order valence-corrected chi connectivity index (χ2v) is 7.48. The summed E-state index contributed by atoms with van der Waals surface area (Å²) in [5.74, 6) is 0.384. The van der Waals surface area contributed by atoms with Crippen LogP contribution in [0.2, 0.25) is 0 Å². The molecule has 1 saturated heterocycles. The predicted molar refractivity (Wildman–Crippen MR) is 105 cm³/mol. The number of nitrogens with zero attached hydrogens (tertiary/aromatic N) is 1. The molecule has 0 aromatic rings. The molecule has 0 bridgehead atoms. The Morgan fingerprint density at radius 2 is 1.29 bits per heavy atom. The Kier molecular flexibility index (Phi) is 11.8. The Hall–Kier alpha value is -0.890. The number of rotatable bonds is 16. The van der Waals surface area contributed by atoms with Gasteiger partial charge in [0.15, 0.2) is 0 Å². The Balaban J connectivity index is 1.85. The topological polar surface area (TPSA) is 17.1 Å². The van der Waals surface area contributed by atoms with E-state index in [-0.39, 0.29) is 0 Å². The first-order chi connectivity index (χ1) is 11.7. The lowest BCUT2D eigenvalue weighted by molar-refractivity contribution is -0.794. The first-order valence-electron chi connectivity index (χ1n) is 10.4. The summed E-state index contributed by atoms with van der Waals surface area (Å²) in [4.78, 5) is 12.0. The number of allylic oxidation sites excluding steroid dienone is 1. The zero-order valence-electron chi connectivity index (χ0n) is 15.9. The molecule has 1 atom stereocenters. The summed E-state index contributed by atoms with van der Waals surface area (Å²) in [6, 6.07) is 0. The van der Waals surface area contributed by atoms with Crippen LogP contribution >= 0.6 is 0 Å². The van der Waals surface area contributed by atoms with Crippen LogP contribution in [0.3, 0.4) is 0 Å². The molecule has 24 heavy (non-hydrogen) atoms. The van der Waals surface area contributed by atoms with Crippen LogP contribution in [0, 0.1) is 0 Å². The molecule has 1 heterocycles. The number of amides is 1. The third-order valence-electron chi connectivity index (χ3n) is 5.51. The van der Waals surface area contributed by atoms with E-state index in [9.17, 15) is 4.79 Å². The van der Waals surface area contributed by atoms with Crippen molar-refractivity contribution in [3.63, 3.8) is 0 Å². The van der Waals surface area contributed by atoms with Gasteiger partial charge in [0, 0.05) is 6.42 Å². The monoisotopic (exact) mass is 334 g/mol. The first-order valence-corrected chi connectivity index (χ1v) is 10.4. The zero-order valence-corrected chi connectivity index (χ0v) is 15.9. The minimum Gasteiger partial charge on any atom is -0.235 e. The van der Waals surface area contributed by atoms with Gasteiger partial charge in [0.25, 0.3) is 0 Å². The Bertz CT molecular complexity index is 363.